The average molecular weight is 241 g/mol. The number of fused-ring (bicyclic) bond motifs is 2. The molecule has 90 valence electrons. The Morgan fingerprint density at radius 2 is 1.89 bits per heavy atom. The summed E-state index contributed by atoms with van der Waals surface area (Å²) >= 11 is 0. The lowest BCUT2D eigenvalue weighted by Gasteiger charge is -2.07. The highest BCUT2D eigenvalue weighted by Crippen LogP contribution is 2.25. The van der Waals surface area contributed by atoms with Crippen LogP contribution < -0.4 is 5.43 Å². The van der Waals surface area contributed by atoms with E-state index in [1.165, 1.54) is 6.07 Å². The van der Waals surface area contributed by atoms with Crippen molar-refractivity contribution in [3.05, 3.63) is 52.2 Å². The van der Waals surface area contributed by atoms with Gasteiger partial charge in [0.2, 0.25) is 5.43 Å². The highest BCUT2D eigenvalue weighted by atomic mass is 16.3. The third-order valence-electron chi connectivity index (χ3n) is 3.10. The number of benzene rings is 2. The molecule has 3 aromatic rings. The van der Waals surface area contributed by atoms with Crippen LogP contribution in [0.25, 0.3) is 21.8 Å². The fraction of sp³-hybridized carbons (Fsp3) is 0.0714. The molecular weight excluding hydrogens is 230 g/mol. The van der Waals surface area contributed by atoms with Gasteiger partial charge in [0.25, 0.3) is 0 Å². The number of aromatic amines is 1. The highest BCUT2D eigenvalue weighted by molar-refractivity contribution is 5.96. The molecule has 0 radical (unpaired) electrons. The number of phenols is 1. The lowest BCUT2D eigenvalue weighted by molar-refractivity contribution is 0.283. The van der Waals surface area contributed by atoms with Crippen LogP contribution >= 0.6 is 0 Å². The minimum Gasteiger partial charge on any atom is -0.507 e. The summed E-state index contributed by atoms with van der Waals surface area (Å²) < 4.78 is 0. The zero-order chi connectivity index (χ0) is 12.7. The van der Waals surface area contributed by atoms with E-state index in [0.717, 1.165) is 0 Å². The molecule has 1 heterocycles. The van der Waals surface area contributed by atoms with E-state index in [1.54, 1.807) is 24.3 Å². The average Bonchev–Trinajstić information content (AvgIpc) is 2.39. The second-order valence-electron chi connectivity index (χ2n) is 4.15. The number of H-pyrrole nitrogens is 1. The van der Waals surface area contributed by atoms with E-state index in [9.17, 15) is 15.0 Å². The van der Waals surface area contributed by atoms with Crippen molar-refractivity contribution in [2.75, 3.05) is 0 Å². The molecule has 1 aromatic heterocycles. The molecule has 0 amide bonds. The molecule has 0 unspecified atom stereocenters. The van der Waals surface area contributed by atoms with Gasteiger partial charge in [-0.1, -0.05) is 18.2 Å². The maximum absolute atomic E-state index is 12.3. The second-order valence-corrected chi connectivity index (χ2v) is 4.15. The molecular formula is C14H11NO3. The van der Waals surface area contributed by atoms with Crippen LogP contribution in [0, 0.1) is 0 Å². The lowest BCUT2D eigenvalue weighted by Crippen LogP contribution is -2.06. The number of rotatable bonds is 1. The van der Waals surface area contributed by atoms with Gasteiger partial charge in [0.05, 0.1) is 17.5 Å². The molecule has 0 fully saturated rings. The van der Waals surface area contributed by atoms with Crippen molar-refractivity contribution in [3.63, 3.8) is 0 Å². The van der Waals surface area contributed by atoms with Crippen molar-refractivity contribution < 1.29 is 10.2 Å². The predicted octanol–water partition coefficient (Wildman–Crippen LogP) is 1.88. The van der Waals surface area contributed by atoms with Crippen LogP contribution in [0.2, 0.25) is 0 Å². The number of nitrogens with one attached hydrogen (secondary N) is 1. The van der Waals surface area contributed by atoms with Gasteiger partial charge in [0, 0.05) is 16.5 Å². The maximum atomic E-state index is 12.3. The molecule has 4 nitrogen and oxygen atoms in total. The van der Waals surface area contributed by atoms with Crippen LogP contribution in [-0.2, 0) is 6.61 Å². The Bertz CT molecular complexity index is 805. The largest absolute Gasteiger partial charge is 0.507 e. The van der Waals surface area contributed by atoms with E-state index >= 15 is 0 Å². The Kier molecular flexibility index (Phi) is 2.31. The quantitative estimate of drug-likeness (QED) is 0.569. The van der Waals surface area contributed by atoms with E-state index in [0.29, 0.717) is 22.0 Å². The summed E-state index contributed by atoms with van der Waals surface area (Å²) in [4.78, 5) is 15.4. The molecule has 2 aromatic carbocycles. The third-order valence-corrected chi connectivity index (χ3v) is 3.10. The molecule has 18 heavy (non-hydrogen) atoms. The second kappa shape index (κ2) is 3.85. The monoisotopic (exact) mass is 241 g/mol. The molecule has 0 saturated carbocycles. The number of phenolic OH excluding ortho intramolecular Hbond substituents is 1. The van der Waals surface area contributed by atoms with Crippen molar-refractivity contribution in [1.82, 2.24) is 4.98 Å². The summed E-state index contributed by atoms with van der Waals surface area (Å²) in [6.45, 7) is -0.189. The molecule has 0 aliphatic heterocycles. The summed E-state index contributed by atoms with van der Waals surface area (Å²) in [6, 6.07) is 10.1. The van der Waals surface area contributed by atoms with Crippen molar-refractivity contribution >= 4 is 21.8 Å². The van der Waals surface area contributed by atoms with Crippen molar-refractivity contribution in [1.29, 1.82) is 0 Å². The van der Waals surface area contributed by atoms with E-state index < -0.39 is 0 Å². The SMILES string of the molecule is O=c1c2ccccc2[nH]c2c(CO)ccc(O)c12. The summed E-state index contributed by atoms with van der Waals surface area (Å²) in [6.07, 6.45) is 0. The number of aromatic nitrogens is 1. The summed E-state index contributed by atoms with van der Waals surface area (Å²) in [5.41, 5.74) is 1.54. The summed E-state index contributed by atoms with van der Waals surface area (Å²) in [7, 11) is 0. The fourth-order valence-corrected chi connectivity index (χ4v) is 2.20. The normalized spacial score (nSPS) is 11.2. The Balaban J connectivity index is 2.63. The summed E-state index contributed by atoms with van der Waals surface area (Å²) in [5, 5.41) is 19.9. The number of aliphatic hydroxyl groups is 1. The van der Waals surface area contributed by atoms with Crippen LogP contribution in [-0.4, -0.2) is 15.2 Å². The lowest BCUT2D eigenvalue weighted by atomic mass is 10.1. The number of pyridine rings is 1. The maximum Gasteiger partial charge on any atom is 0.200 e. The van der Waals surface area contributed by atoms with Crippen LogP contribution in [0.3, 0.4) is 0 Å². The Hall–Kier alpha value is -2.33. The Morgan fingerprint density at radius 1 is 1.11 bits per heavy atom. The molecule has 4 heteroatoms. The highest BCUT2D eigenvalue weighted by Gasteiger charge is 2.11. The molecule has 0 saturated heterocycles. The molecule has 0 aliphatic carbocycles. The topological polar surface area (TPSA) is 73.3 Å². The first-order valence-electron chi connectivity index (χ1n) is 5.59. The van der Waals surface area contributed by atoms with Gasteiger partial charge < -0.3 is 15.2 Å². The molecule has 3 N–H and O–H groups in total. The zero-order valence-corrected chi connectivity index (χ0v) is 9.47. The minimum absolute atomic E-state index is 0.0748. The van der Waals surface area contributed by atoms with Crippen molar-refractivity contribution in [2.45, 2.75) is 6.61 Å². The number of aromatic hydroxyl groups is 1. The van der Waals surface area contributed by atoms with Gasteiger partial charge in [-0.3, -0.25) is 4.79 Å². The molecule has 0 spiro atoms. The van der Waals surface area contributed by atoms with Gasteiger partial charge in [-0.15, -0.1) is 0 Å². The van der Waals surface area contributed by atoms with Gasteiger partial charge in [0.1, 0.15) is 5.75 Å². The van der Waals surface area contributed by atoms with Crippen molar-refractivity contribution in [3.8, 4) is 5.75 Å². The van der Waals surface area contributed by atoms with Gasteiger partial charge >= 0.3 is 0 Å². The van der Waals surface area contributed by atoms with Crippen molar-refractivity contribution in [2.24, 2.45) is 0 Å². The molecule has 3 rings (SSSR count). The van der Waals surface area contributed by atoms with Crippen LogP contribution in [0.1, 0.15) is 5.56 Å². The van der Waals surface area contributed by atoms with Gasteiger partial charge in [0.15, 0.2) is 0 Å². The fourth-order valence-electron chi connectivity index (χ4n) is 2.20. The van der Waals surface area contributed by atoms with E-state index in [2.05, 4.69) is 4.98 Å². The first kappa shape index (κ1) is 10.8. The number of aliphatic hydroxyl groups excluding tert-OH is 1. The summed E-state index contributed by atoms with van der Waals surface area (Å²) in [5.74, 6) is -0.0748. The molecule has 0 aliphatic rings. The van der Waals surface area contributed by atoms with Crippen LogP contribution in [0.15, 0.2) is 41.2 Å². The molecule has 0 atom stereocenters. The first-order valence-corrected chi connectivity index (χ1v) is 5.59. The standard InChI is InChI=1S/C14H11NO3/c16-7-8-5-6-11(17)12-13(8)15-10-4-2-1-3-9(10)14(12)18/h1-6,16-17H,7H2,(H,15,18). The van der Waals surface area contributed by atoms with Crippen LogP contribution in [0.4, 0.5) is 0 Å². The van der Waals surface area contributed by atoms with Gasteiger partial charge in [-0.25, -0.2) is 0 Å². The first-order chi connectivity index (χ1) is 8.72. The van der Waals surface area contributed by atoms with Gasteiger partial charge in [-0.05, 0) is 18.2 Å². The Labute approximate surface area is 102 Å². The molecule has 0 bridgehead atoms. The minimum atomic E-state index is -0.229. The predicted molar refractivity (Wildman–Crippen MR) is 69.7 cm³/mol. The van der Waals surface area contributed by atoms with E-state index in [1.807, 2.05) is 6.07 Å². The zero-order valence-electron chi connectivity index (χ0n) is 9.47. The Morgan fingerprint density at radius 3 is 2.67 bits per heavy atom. The third kappa shape index (κ3) is 1.39. The van der Waals surface area contributed by atoms with E-state index in [-0.39, 0.29) is 23.2 Å². The van der Waals surface area contributed by atoms with Crippen LogP contribution in [0.5, 0.6) is 5.75 Å². The number of para-hydroxylation sites is 1. The number of hydrogen-bond donors (Lipinski definition) is 3. The van der Waals surface area contributed by atoms with E-state index in [4.69, 9.17) is 0 Å². The van der Waals surface area contributed by atoms with Gasteiger partial charge in [-0.2, -0.15) is 0 Å². The smallest absolute Gasteiger partial charge is 0.200 e. The number of hydrogen-bond acceptors (Lipinski definition) is 3.